The van der Waals surface area contributed by atoms with E-state index in [0.29, 0.717) is 28.2 Å². The molecule has 0 bridgehead atoms. The topological polar surface area (TPSA) is 66.1 Å². The van der Waals surface area contributed by atoms with Crippen LogP contribution < -0.4 is 0 Å². The number of hydrogen-bond acceptors (Lipinski definition) is 4. The molecule has 0 spiro atoms. The molecule has 1 atom stereocenters. The first-order valence-corrected chi connectivity index (χ1v) is 17.3. The van der Waals surface area contributed by atoms with Gasteiger partial charge in [-0.3, -0.25) is 4.98 Å². The van der Waals surface area contributed by atoms with Gasteiger partial charge in [-0.2, -0.15) is 0 Å². The van der Waals surface area contributed by atoms with Crippen LogP contribution in [-0.4, -0.2) is 26.1 Å². The molecule has 52 heavy (non-hydrogen) atoms. The van der Waals surface area contributed by atoms with Gasteiger partial charge in [-0.1, -0.05) is 73.7 Å². The number of aromatic nitrogens is 3. The van der Waals surface area contributed by atoms with Crippen LogP contribution in [0.5, 0.6) is 0 Å². The number of pyridine rings is 1. The average molecular weight is 692 g/mol. The number of benzene rings is 5. The van der Waals surface area contributed by atoms with E-state index in [2.05, 4.69) is 37.3 Å². The second-order valence-electron chi connectivity index (χ2n) is 13.4. The van der Waals surface area contributed by atoms with Gasteiger partial charge in [0.05, 0.1) is 5.52 Å². The summed E-state index contributed by atoms with van der Waals surface area (Å²) in [5.41, 5.74) is 7.34. The van der Waals surface area contributed by atoms with Crippen molar-refractivity contribution >= 4 is 55.4 Å². The first-order valence-electron chi connectivity index (χ1n) is 17.3. The highest BCUT2D eigenvalue weighted by molar-refractivity contribution is 5.92. The van der Waals surface area contributed by atoms with Crippen molar-refractivity contribution in [2.24, 2.45) is 0 Å². The Labute approximate surface area is 298 Å². The van der Waals surface area contributed by atoms with Crippen LogP contribution in [0.25, 0.3) is 43.5 Å². The number of esters is 2. The van der Waals surface area contributed by atoms with E-state index in [9.17, 15) is 18.4 Å². The molecular formula is C44H35F2N3O3. The maximum Gasteiger partial charge on any atom is 0.333 e. The third-order valence-electron chi connectivity index (χ3n) is 10.3. The smallest absolute Gasteiger partial charge is 0.333 e. The summed E-state index contributed by atoms with van der Waals surface area (Å²) in [6, 6.07) is 35.2. The Hall–Kier alpha value is -6.15. The van der Waals surface area contributed by atoms with Gasteiger partial charge in [0.1, 0.15) is 24.7 Å². The highest BCUT2D eigenvalue weighted by Gasteiger charge is 2.24. The highest BCUT2D eigenvalue weighted by Crippen LogP contribution is 2.37. The van der Waals surface area contributed by atoms with Gasteiger partial charge >= 0.3 is 11.9 Å². The van der Waals surface area contributed by atoms with Gasteiger partial charge < -0.3 is 13.9 Å². The Kier molecular flexibility index (Phi) is 8.38. The molecule has 0 fully saturated rings. The molecule has 0 aliphatic heterocycles. The van der Waals surface area contributed by atoms with Crippen molar-refractivity contribution in [1.29, 1.82) is 0 Å². The predicted molar refractivity (Wildman–Crippen MR) is 200 cm³/mol. The third kappa shape index (κ3) is 6.00. The van der Waals surface area contributed by atoms with Gasteiger partial charge in [-0.25, -0.2) is 18.4 Å². The Balaban J connectivity index is 1.06. The van der Waals surface area contributed by atoms with E-state index in [1.54, 1.807) is 21.3 Å². The lowest BCUT2D eigenvalue weighted by Gasteiger charge is -2.15. The molecule has 0 N–H and O–H groups in total. The summed E-state index contributed by atoms with van der Waals surface area (Å²) in [6.07, 6.45) is 0.429. The standard InChI is InChI=1S/C44H35F2N3O3/c1-26(31-13-12-29-8-4-5-10-32(29)20-31)44-28(3)49(41-19-16-34(46)22-38(41)44)25-43(51)52-42(50)24-48-27(2)36(37-21-33(45)15-18-40(37)48)23-35-17-14-30-9-6-7-11-39(30)47-35/h4-22,26H,23-25H2,1-3H3. The van der Waals surface area contributed by atoms with Crippen LogP contribution in [0.15, 0.2) is 115 Å². The van der Waals surface area contributed by atoms with E-state index in [1.807, 2.05) is 62.4 Å². The summed E-state index contributed by atoms with van der Waals surface area (Å²) < 4.78 is 38.1. The maximum absolute atomic E-state index is 14.7. The Bertz CT molecular complexity index is 2710. The molecule has 1 unspecified atom stereocenters. The van der Waals surface area contributed by atoms with E-state index in [1.165, 1.54) is 24.3 Å². The maximum atomic E-state index is 14.7. The molecule has 0 radical (unpaired) electrons. The molecule has 5 aromatic carbocycles. The molecular weight excluding hydrogens is 656 g/mol. The van der Waals surface area contributed by atoms with Gasteiger partial charge in [0, 0.05) is 56.6 Å². The van der Waals surface area contributed by atoms with Gasteiger partial charge in [0.25, 0.3) is 0 Å². The number of fused-ring (bicyclic) bond motifs is 4. The number of rotatable bonds is 8. The normalized spacial score (nSPS) is 12.2. The molecule has 3 heterocycles. The summed E-state index contributed by atoms with van der Waals surface area (Å²) >= 11 is 0. The number of ether oxygens (including phenoxy) is 1. The van der Waals surface area contributed by atoms with Crippen molar-refractivity contribution in [2.45, 2.75) is 46.2 Å². The molecule has 0 saturated carbocycles. The molecule has 0 aliphatic carbocycles. The monoisotopic (exact) mass is 691 g/mol. The zero-order chi connectivity index (χ0) is 36.1. The fraction of sp³-hybridized carbons (Fsp3) is 0.159. The zero-order valence-electron chi connectivity index (χ0n) is 29.0. The quantitative estimate of drug-likeness (QED) is 0.118. The Morgan fingerprint density at radius 3 is 2.00 bits per heavy atom. The zero-order valence-corrected chi connectivity index (χ0v) is 29.0. The third-order valence-corrected chi connectivity index (χ3v) is 10.3. The lowest BCUT2D eigenvalue weighted by atomic mass is 9.89. The van der Waals surface area contributed by atoms with Crippen molar-refractivity contribution in [3.05, 3.63) is 161 Å². The minimum Gasteiger partial charge on any atom is -0.390 e. The number of para-hydroxylation sites is 1. The van der Waals surface area contributed by atoms with Gasteiger partial charge in [-0.05, 0) is 89.8 Å². The first-order chi connectivity index (χ1) is 25.1. The van der Waals surface area contributed by atoms with Gasteiger partial charge in [0.15, 0.2) is 0 Å². The average Bonchev–Trinajstić information content (AvgIpc) is 3.54. The van der Waals surface area contributed by atoms with E-state index in [-0.39, 0.29) is 24.8 Å². The van der Waals surface area contributed by atoms with Crippen LogP contribution in [0.3, 0.4) is 0 Å². The predicted octanol–water partition coefficient (Wildman–Crippen LogP) is 9.71. The summed E-state index contributed by atoms with van der Waals surface area (Å²) in [5.74, 6) is -2.35. The summed E-state index contributed by atoms with van der Waals surface area (Å²) in [7, 11) is 0. The lowest BCUT2D eigenvalue weighted by molar-refractivity contribution is -0.160. The van der Waals surface area contributed by atoms with E-state index in [0.717, 1.165) is 55.4 Å². The van der Waals surface area contributed by atoms with Gasteiger partial charge in [0.2, 0.25) is 0 Å². The number of hydrogen-bond donors (Lipinski definition) is 0. The minimum absolute atomic E-state index is 0.110. The fourth-order valence-electron chi connectivity index (χ4n) is 7.66. The van der Waals surface area contributed by atoms with Gasteiger partial charge in [-0.15, -0.1) is 0 Å². The van der Waals surface area contributed by atoms with Crippen LogP contribution in [0.1, 0.15) is 46.6 Å². The lowest BCUT2D eigenvalue weighted by Crippen LogP contribution is -2.22. The van der Waals surface area contributed by atoms with E-state index < -0.39 is 17.8 Å². The largest absolute Gasteiger partial charge is 0.390 e. The van der Waals surface area contributed by atoms with Crippen molar-refractivity contribution < 1.29 is 23.1 Å². The molecule has 0 saturated heterocycles. The summed E-state index contributed by atoms with van der Waals surface area (Å²) in [6.45, 7) is 5.37. The summed E-state index contributed by atoms with van der Waals surface area (Å²) in [4.78, 5) is 31.6. The molecule has 8 rings (SSSR count). The van der Waals surface area contributed by atoms with Crippen LogP contribution >= 0.6 is 0 Å². The number of carbonyl (C=O) groups excluding carboxylic acids is 2. The van der Waals surface area contributed by atoms with Crippen molar-refractivity contribution in [3.63, 3.8) is 0 Å². The van der Waals surface area contributed by atoms with Crippen LogP contribution in [0.2, 0.25) is 0 Å². The second-order valence-corrected chi connectivity index (χ2v) is 13.4. The van der Waals surface area contributed by atoms with Crippen molar-refractivity contribution in [1.82, 2.24) is 14.1 Å². The molecule has 8 aromatic rings. The van der Waals surface area contributed by atoms with Crippen LogP contribution in [0.4, 0.5) is 8.78 Å². The molecule has 6 nitrogen and oxygen atoms in total. The van der Waals surface area contributed by atoms with E-state index in [4.69, 9.17) is 9.72 Å². The van der Waals surface area contributed by atoms with Crippen LogP contribution in [0, 0.1) is 25.5 Å². The van der Waals surface area contributed by atoms with E-state index >= 15 is 0 Å². The first kappa shape index (κ1) is 33.0. The number of nitrogens with zero attached hydrogens (tertiary/aromatic N) is 3. The molecule has 0 aliphatic rings. The Morgan fingerprint density at radius 1 is 0.673 bits per heavy atom. The van der Waals surface area contributed by atoms with Crippen molar-refractivity contribution in [3.8, 4) is 0 Å². The number of halogens is 2. The fourth-order valence-corrected chi connectivity index (χ4v) is 7.66. The number of carbonyl (C=O) groups is 2. The van der Waals surface area contributed by atoms with Crippen molar-refractivity contribution in [2.75, 3.05) is 0 Å². The Morgan fingerprint density at radius 2 is 1.27 bits per heavy atom. The molecule has 0 amide bonds. The molecule has 8 heteroatoms. The minimum atomic E-state index is -0.741. The SMILES string of the molecule is Cc1c(Cc2ccc3ccccc3n2)c2cc(F)ccc2n1CC(=O)OC(=O)Cn1c(C)c(C(C)c2ccc3ccccc3c2)c2cc(F)ccc21. The second kappa shape index (κ2) is 13.2. The highest BCUT2D eigenvalue weighted by atomic mass is 19.1. The van der Waals surface area contributed by atoms with Crippen LogP contribution in [-0.2, 0) is 33.8 Å². The summed E-state index contributed by atoms with van der Waals surface area (Å²) in [5, 5.41) is 4.63. The molecule has 258 valence electrons. The molecule has 3 aromatic heterocycles.